The molecular weight excluding hydrogens is 667 g/mol. The Kier molecular flexibility index (Phi) is 6.34. The lowest BCUT2D eigenvalue weighted by atomic mass is 9.96. The van der Waals surface area contributed by atoms with Crippen molar-refractivity contribution in [2.45, 2.75) is 0 Å². The lowest BCUT2D eigenvalue weighted by Crippen LogP contribution is -1.92. The van der Waals surface area contributed by atoms with Gasteiger partial charge in [0, 0.05) is 37.9 Å². The van der Waals surface area contributed by atoms with Crippen molar-refractivity contribution in [2.24, 2.45) is 0 Å². The molecule has 55 heavy (non-hydrogen) atoms. The quantitative estimate of drug-likeness (QED) is 0.171. The average Bonchev–Trinajstić information content (AvgIpc) is 3.78. The van der Waals surface area contributed by atoms with Crippen molar-refractivity contribution in [3.63, 3.8) is 0 Å². The second-order valence-corrected chi connectivity index (χ2v) is 14.6. The molecule has 0 spiro atoms. The van der Waals surface area contributed by atoms with E-state index in [9.17, 15) is 0 Å². The summed E-state index contributed by atoms with van der Waals surface area (Å²) >= 11 is 0. The largest absolute Gasteiger partial charge is 0.308 e. The Labute approximate surface area is 316 Å². The molecule has 0 radical (unpaired) electrons. The molecule has 12 rings (SSSR count). The fourth-order valence-electron chi connectivity index (χ4n) is 8.96. The van der Waals surface area contributed by atoms with Gasteiger partial charge in [0.25, 0.3) is 0 Å². The first-order chi connectivity index (χ1) is 27.3. The average molecular weight is 698 g/mol. The van der Waals surface area contributed by atoms with Crippen molar-refractivity contribution >= 4 is 70.7 Å². The Balaban J connectivity index is 1.09. The van der Waals surface area contributed by atoms with E-state index in [2.05, 4.69) is 186 Å². The van der Waals surface area contributed by atoms with Crippen molar-refractivity contribution in [3.05, 3.63) is 188 Å². The summed E-state index contributed by atoms with van der Waals surface area (Å²) in [5, 5.41) is 9.67. The third-order valence-corrected chi connectivity index (χ3v) is 11.5. The van der Waals surface area contributed by atoms with Crippen LogP contribution in [0, 0.1) is 0 Å². The third-order valence-electron chi connectivity index (χ3n) is 11.5. The summed E-state index contributed by atoms with van der Waals surface area (Å²) < 4.78 is 2.47. The van der Waals surface area contributed by atoms with E-state index in [1.807, 2.05) is 6.20 Å². The van der Waals surface area contributed by atoms with E-state index in [0.29, 0.717) is 0 Å². The fraction of sp³-hybridized carbons (Fsp3) is 0. The van der Waals surface area contributed by atoms with Crippen molar-refractivity contribution in [2.75, 3.05) is 0 Å². The van der Waals surface area contributed by atoms with Crippen LogP contribution in [0.2, 0.25) is 0 Å². The van der Waals surface area contributed by atoms with Gasteiger partial charge >= 0.3 is 0 Å². The molecule has 3 heterocycles. The van der Waals surface area contributed by atoms with E-state index >= 15 is 0 Å². The van der Waals surface area contributed by atoms with Gasteiger partial charge in [-0.05, 0) is 86.6 Å². The second kappa shape index (κ2) is 11.6. The Morgan fingerprint density at radius 1 is 0.309 bits per heavy atom. The molecule has 0 fully saturated rings. The predicted molar refractivity (Wildman–Crippen MR) is 231 cm³/mol. The van der Waals surface area contributed by atoms with Crippen LogP contribution >= 0.6 is 0 Å². The van der Waals surface area contributed by atoms with Gasteiger partial charge in [0.05, 0.1) is 39.5 Å². The van der Waals surface area contributed by atoms with Gasteiger partial charge in [-0.2, -0.15) is 0 Å². The molecule has 0 aliphatic rings. The molecule has 0 aliphatic carbocycles. The highest BCUT2D eigenvalue weighted by molar-refractivity contribution is 6.25. The van der Waals surface area contributed by atoms with E-state index in [1.165, 1.54) is 76.7 Å². The summed E-state index contributed by atoms with van der Waals surface area (Å²) in [7, 11) is 0. The molecule has 0 N–H and O–H groups in total. The van der Waals surface area contributed by atoms with Crippen LogP contribution in [0.25, 0.3) is 115 Å². The standard InChI is InChI=1S/C52H31N3/c1-3-12-32(13-4-1)35-22-24-48-43(27-35)45-29-38(30-46-44-28-36(33-14-5-2-6-15-33)23-25-49(44)55(48)52(45)46)34-16-11-17-37(26-34)47-31-53-50-41-20-9-7-18-39(41)40-19-8-10-21-42(40)51(50)54-47/h1-31H. The molecule has 0 aliphatic heterocycles. The number of fused-ring (bicyclic) bond motifs is 12. The molecule has 0 amide bonds. The predicted octanol–water partition coefficient (Wildman–Crippen LogP) is 13.8. The number of benzene rings is 9. The van der Waals surface area contributed by atoms with Gasteiger partial charge in [0.2, 0.25) is 0 Å². The van der Waals surface area contributed by atoms with Crippen molar-refractivity contribution in [1.29, 1.82) is 0 Å². The lowest BCUT2D eigenvalue weighted by molar-refractivity contribution is 1.31. The first-order valence-corrected chi connectivity index (χ1v) is 18.8. The zero-order valence-electron chi connectivity index (χ0n) is 29.7. The highest BCUT2D eigenvalue weighted by atomic mass is 14.9. The van der Waals surface area contributed by atoms with E-state index in [0.717, 1.165) is 38.6 Å². The van der Waals surface area contributed by atoms with Crippen LogP contribution in [0.5, 0.6) is 0 Å². The van der Waals surface area contributed by atoms with Crippen LogP contribution in [0.1, 0.15) is 0 Å². The summed E-state index contributed by atoms with van der Waals surface area (Å²) in [6, 6.07) is 65.9. The van der Waals surface area contributed by atoms with Crippen LogP contribution in [-0.2, 0) is 0 Å². The molecule has 0 bridgehead atoms. The number of nitrogens with zero attached hydrogens (tertiary/aromatic N) is 3. The molecule has 0 saturated heterocycles. The highest BCUT2D eigenvalue weighted by Crippen LogP contribution is 2.44. The third kappa shape index (κ3) is 4.50. The van der Waals surface area contributed by atoms with E-state index in [1.54, 1.807) is 0 Å². The summed E-state index contributed by atoms with van der Waals surface area (Å²) in [5.41, 5.74) is 14.7. The van der Waals surface area contributed by atoms with Crippen LogP contribution in [0.15, 0.2) is 188 Å². The van der Waals surface area contributed by atoms with Gasteiger partial charge in [-0.15, -0.1) is 0 Å². The highest BCUT2D eigenvalue weighted by Gasteiger charge is 2.21. The molecule has 9 aromatic carbocycles. The summed E-state index contributed by atoms with van der Waals surface area (Å²) in [6.45, 7) is 0. The van der Waals surface area contributed by atoms with Gasteiger partial charge in [-0.25, -0.2) is 4.98 Å². The monoisotopic (exact) mass is 697 g/mol. The molecule has 0 saturated carbocycles. The maximum atomic E-state index is 5.32. The SMILES string of the molecule is c1ccc(-c2ccc3c(c2)c2cc(-c4cccc(-c5cnc6c7ccccc7c7ccccc7c6n5)c4)cc4c5cc(-c6ccccc6)ccc5n3c24)cc1. The number of hydrogen-bond acceptors (Lipinski definition) is 2. The van der Waals surface area contributed by atoms with Gasteiger partial charge in [-0.1, -0.05) is 140 Å². The van der Waals surface area contributed by atoms with Crippen molar-refractivity contribution in [1.82, 2.24) is 14.4 Å². The van der Waals surface area contributed by atoms with Gasteiger partial charge in [0.1, 0.15) is 0 Å². The van der Waals surface area contributed by atoms with E-state index in [4.69, 9.17) is 9.97 Å². The fourth-order valence-corrected chi connectivity index (χ4v) is 8.96. The maximum absolute atomic E-state index is 5.32. The topological polar surface area (TPSA) is 30.2 Å². The molecule has 3 heteroatoms. The molecule has 254 valence electrons. The molecule has 12 aromatic rings. The van der Waals surface area contributed by atoms with Crippen LogP contribution < -0.4 is 0 Å². The molecule has 3 aromatic heterocycles. The van der Waals surface area contributed by atoms with Gasteiger partial charge in [0.15, 0.2) is 0 Å². The summed E-state index contributed by atoms with van der Waals surface area (Å²) in [4.78, 5) is 10.4. The van der Waals surface area contributed by atoms with Crippen LogP contribution in [0.4, 0.5) is 0 Å². The number of rotatable bonds is 4. The van der Waals surface area contributed by atoms with Gasteiger partial charge < -0.3 is 4.40 Å². The first-order valence-electron chi connectivity index (χ1n) is 18.8. The Hall–Kier alpha value is -7.36. The van der Waals surface area contributed by atoms with Crippen molar-refractivity contribution in [3.8, 4) is 44.6 Å². The van der Waals surface area contributed by atoms with E-state index in [-0.39, 0.29) is 0 Å². The summed E-state index contributed by atoms with van der Waals surface area (Å²) in [5.74, 6) is 0. The number of hydrogen-bond donors (Lipinski definition) is 0. The van der Waals surface area contributed by atoms with Crippen LogP contribution in [0.3, 0.4) is 0 Å². The van der Waals surface area contributed by atoms with Crippen LogP contribution in [-0.4, -0.2) is 14.4 Å². The first kappa shape index (κ1) is 30.1. The summed E-state index contributed by atoms with van der Waals surface area (Å²) in [6.07, 6.45) is 1.94. The smallest absolute Gasteiger partial charge is 0.0979 e. The Morgan fingerprint density at radius 2 is 0.782 bits per heavy atom. The van der Waals surface area contributed by atoms with Gasteiger partial charge in [-0.3, -0.25) is 4.98 Å². The number of aromatic nitrogens is 3. The lowest BCUT2D eigenvalue weighted by Gasteiger charge is -2.11. The second-order valence-electron chi connectivity index (χ2n) is 14.6. The minimum absolute atomic E-state index is 0.863. The minimum atomic E-state index is 0.863. The normalized spacial score (nSPS) is 12.0. The zero-order valence-corrected chi connectivity index (χ0v) is 29.7. The minimum Gasteiger partial charge on any atom is -0.308 e. The molecule has 3 nitrogen and oxygen atoms in total. The molecular formula is C52H31N3. The van der Waals surface area contributed by atoms with E-state index < -0.39 is 0 Å². The Bertz CT molecular complexity index is 3310. The maximum Gasteiger partial charge on any atom is 0.0979 e. The molecule has 0 atom stereocenters. The van der Waals surface area contributed by atoms with Crippen molar-refractivity contribution < 1.29 is 0 Å². The zero-order chi connectivity index (χ0) is 36.0. The Morgan fingerprint density at radius 3 is 1.38 bits per heavy atom. The molecule has 0 unspecified atom stereocenters.